The highest BCUT2D eigenvalue weighted by atomic mass is 79.9. The highest BCUT2D eigenvalue weighted by Gasteiger charge is 2.11. The Kier molecular flexibility index (Phi) is 3.40. The maximum absolute atomic E-state index is 12.9. The monoisotopic (exact) mass is 304 g/mol. The van der Waals surface area contributed by atoms with E-state index in [2.05, 4.69) is 20.9 Å². The molecule has 0 unspecified atom stereocenters. The predicted molar refractivity (Wildman–Crippen MR) is 64.9 cm³/mol. The highest BCUT2D eigenvalue weighted by Crippen LogP contribution is 2.20. The largest absolute Gasteiger partial charge is 0.317 e. The number of rotatable bonds is 2. The minimum atomic E-state index is -0.338. The number of halogens is 2. The molecule has 0 spiro atoms. The second kappa shape index (κ2) is 4.99. The summed E-state index contributed by atoms with van der Waals surface area (Å²) >= 11 is 3.25. The van der Waals surface area contributed by atoms with Crippen LogP contribution in [0.1, 0.15) is 17.0 Å². The van der Waals surface area contributed by atoms with Gasteiger partial charge in [-0.3, -0.25) is 0 Å². The third-order valence-corrected chi connectivity index (χ3v) is 3.14. The Morgan fingerprint density at radius 2 is 2.11 bits per heavy atom. The van der Waals surface area contributed by atoms with Gasteiger partial charge in [-0.2, -0.15) is 10.5 Å². The van der Waals surface area contributed by atoms with Crippen LogP contribution < -0.4 is 0 Å². The summed E-state index contributed by atoms with van der Waals surface area (Å²) in [5.41, 5.74) is 1.10. The van der Waals surface area contributed by atoms with E-state index in [1.807, 2.05) is 12.1 Å². The van der Waals surface area contributed by atoms with E-state index in [-0.39, 0.29) is 17.2 Å². The molecule has 0 aliphatic carbocycles. The first kappa shape index (κ1) is 12.3. The van der Waals surface area contributed by atoms with Crippen molar-refractivity contribution in [2.45, 2.75) is 6.54 Å². The van der Waals surface area contributed by atoms with Gasteiger partial charge in [-0.1, -0.05) is 22.0 Å². The minimum absolute atomic E-state index is 0.0933. The Bertz CT molecular complexity index is 678. The van der Waals surface area contributed by atoms with Crippen LogP contribution in [0.3, 0.4) is 0 Å². The van der Waals surface area contributed by atoms with E-state index in [0.29, 0.717) is 11.0 Å². The van der Waals surface area contributed by atoms with Crippen LogP contribution in [0.25, 0.3) is 0 Å². The lowest BCUT2D eigenvalue weighted by molar-refractivity contribution is 0.625. The Hall–Kier alpha value is -2.18. The molecule has 0 N–H and O–H groups in total. The zero-order valence-corrected chi connectivity index (χ0v) is 10.6. The molecular formula is C12H6BrFN4. The van der Waals surface area contributed by atoms with Crippen LogP contribution in [0.5, 0.6) is 0 Å². The molecule has 0 fully saturated rings. The summed E-state index contributed by atoms with van der Waals surface area (Å²) in [6.07, 6.45) is 1.42. The van der Waals surface area contributed by atoms with Gasteiger partial charge in [-0.25, -0.2) is 9.37 Å². The predicted octanol–water partition coefficient (Wildman–Crippen LogP) is 2.58. The Morgan fingerprint density at radius 3 is 2.72 bits per heavy atom. The van der Waals surface area contributed by atoms with Gasteiger partial charge in [-0.05, 0) is 17.7 Å². The molecular weight excluding hydrogens is 299 g/mol. The number of benzene rings is 1. The van der Waals surface area contributed by atoms with E-state index in [1.165, 1.54) is 18.5 Å². The third kappa shape index (κ3) is 2.24. The standard InChI is InChI=1S/C12H6BrFN4/c13-10-3-9(14)2-1-8(10)6-18-7-17-11(4-15)12(18)5-16/h1-3,7H,6H2. The fraction of sp³-hybridized carbons (Fsp3) is 0.0833. The van der Waals surface area contributed by atoms with Crippen LogP contribution in [0.15, 0.2) is 29.0 Å². The molecule has 0 radical (unpaired) electrons. The molecule has 6 heteroatoms. The molecule has 0 saturated heterocycles. The third-order valence-electron chi connectivity index (χ3n) is 2.41. The molecule has 2 aromatic rings. The lowest BCUT2D eigenvalue weighted by atomic mass is 10.2. The summed E-state index contributed by atoms with van der Waals surface area (Å²) in [5.74, 6) is -0.338. The SMILES string of the molecule is N#Cc1ncn(Cc2ccc(F)cc2Br)c1C#N. The van der Waals surface area contributed by atoms with Crippen LogP contribution in [0.4, 0.5) is 4.39 Å². The van der Waals surface area contributed by atoms with Crippen molar-refractivity contribution < 1.29 is 4.39 Å². The normalized spacial score (nSPS) is 9.78. The van der Waals surface area contributed by atoms with Crippen molar-refractivity contribution in [2.24, 2.45) is 0 Å². The van der Waals surface area contributed by atoms with E-state index in [9.17, 15) is 4.39 Å². The topological polar surface area (TPSA) is 65.4 Å². The fourth-order valence-electron chi connectivity index (χ4n) is 1.53. The van der Waals surface area contributed by atoms with Gasteiger partial charge in [0.25, 0.3) is 0 Å². The van der Waals surface area contributed by atoms with Gasteiger partial charge in [-0.15, -0.1) is 0 Å². The lowest BCUT2D eigenvalue weighted by Gasteiger charge is -2.06. The summed E-state index contributed by atoms with van der Waals surface area (Å²) in [6.45, 7) is 0.346. The van der Waals surface area contributed by atoms with E-state index < -0.39 is 0 Å². The first-order valence-corrected chi connectivity index (χ1v) is 5.74. The number of nitriles is 2. The molecule has 0 bridgehead atoms. The van der Waals surface area contributed by atoms with Gasteiger partial charge in [0, 0.05) is 4.47 Å². The molecule has 0 amide bonds. The average molecular weight is 305 g/mol. The molecule has 0 aliphatic rings. The molecule has 4 nitrogen and oxygen atoms in total. The fourth-order valence-corrected chi connectivity index (χ4v) is 2.01. The van der Waals surface area contributed by atoms with E-state index >= 15 is 0 Å². The van der Waals surface area contributed by atoms with Crippen LogP contribution in [0.2, 0.25) is 0 Å². The smallest absolute Gasteiger partial charge is 0.176 e. The average Bonchev–Trinajstić information content (AvgIpc) is 2.74. The Balaban J connectivity index is 2.38. The van der Waals surface area contributed by atoms with Gasteiger partial charge >= 0.3 is 0 Å². The van der Waals surface area contributed by atoms with Crippen molar-refractivity contribution in [2.75, 3.05) is 0 Å². The molecule has 1 heterocycles. The summed E-state index contributed by atoms with van der Waals surface area (Å²) in [5, 5.41) is 17.8. The van der Waals surface area contributed by atoms with Crippen molar-refractivity contribution in [1.82, 2.24) is 9.55 Å². The second-order valence-corrected chi connectivity index (χ2v) is 4.38. The number of imidazole rings is 1. The van der Waals surface area contributed by atoms with Crippen LogP contribution in [-0.4, -0.2) is 9.55 Å². The summed E-state index contributed by atoms with van der Waals surface area (Å²) in [4.78, 5) is 3.84. The van der Waals surface area contributed by atoms with Gasteiger partial charge in [0.05, 0.1) is 12.9 Å². The van der Waals surface area contributed by atoms with Crippen LogP contribution in [-0.2, 0) is 6.54 Å². The molecule has 1 aromatic carbocycles. The summed E-state index contributed by atoms with van der Waals surface area (Å²) in [6, 6.07) is 8.09. The van der Waals surface area contributed by atoms with Crippen molar-refractivity contribution in [1.29, 1.82) is 10.5 Å². The van der Waals surface area contributed by atoms with Gasteiger partial charge < -0.3 is 4.57 Å². The Morgan fingerprint density at radius 1 is 1.33 bits per heavy atom. The molecule has 0 aliphatic heterocycles. The minimum Gasteiger partial charge on any atom is -0.317 e. The first-order chi connectivity index (χ1) is 8.65. The van der Waals surface area contributed by atoms with E-state index in [1.54, 1.807) is 10.6 Å². The van der Waals surface area contributed by atoms with Crippen molar-refractivity contribution in [3.8, 4) is 12.1 Å². The Labute approximate surface area is 111 Å². The maximum Gasteiger partial charge on any atom is 0.176 e. The van der Waals surface area contributed by atoms with E-state index in [0.717, 1.165) is 5.56 Å². The number of hydrogen-bond donors (Lipinski definition) is 0. The van der Waals surface area contributed by atoms with E-state index in [4.69, 9.17) is 10.5 Å². The second-order valence-electron chi connectivity index (χ2n) is 3.53. The molecule has 0 saturated carbocycles. The highest BCUT2D eigenvalue weighted by molar-refractivity contribution is 9.10. The molecule has 18 heavy (non-hydrogen) atoms. The zero-order valence-electron chi connectivity index (χ0n) is 9.06. The molecule has 88 valence electrons. The first-order valence-electron chi connectivity index (χ1n) is 4.95. The molecule has 2 rings (SSSR count). The number of aromatic nitrogens is 2. The van der Waals surface area contributed by atoms with Gasteiger partial charge in [0.15, 0.2) is 11.4 Å². The van der Waals surface area contributed by atoms with Gasteiger partial charge in [0.2, 0.25) is 0 Å². The van der Waals surface area contributed by atoms with Crippen LogP contribution in [0, 0.1) is 28.5 Å². The summed E-state index contributed by atoms with van der Waals surface area (Å²) < 4.78 is 15.1. The molecule has 1 aromatic heterocycles. The quantitative estimate of drug-likeness (QED) is 0.856. The van der Waals surface area contributed by atoms with Crippen molar-refractivity contribution in [3.63, 3.8) is 0 Å². The summed E-state index contributed by atoms with van der Waals surface area (Å²) in [7, 11) is 0. The lowest BCUT2D eigenvalue weighted by Crippen LogP contribution is -2.02. The number of hydrogen-bond acceptors (Lipinski definition) is 3. The maximum atomic E-state index is 12.9. The molecule has 0 atom stereocenters. The van der Waals surface area contributed by atoms with Gasteiger partial charge in [0.1, 0.15) is 18.0 Å². The van der Waals surface area contributed by atoms with Crippen molar-refractivity contribution >= 4 is 15.9 Å². The van der Waals surface area contributed by atoms with Crippen molar-refractivity contribution in [3.05, 3.63) is 51.8 Å². The zero-order chi connectivity index (χ0) is 13.1. The number of nitrogens with zero attached hydrogens (tertiary/aromatic N) is 4. The van der Waals surface area contributed by atoms with Crippen LogP contribution >= 0.6 is 15.9 Å².